The number of hydrogen-bond acceptors (Lipinski definition) is 5. The van der Waals surface area contributed by atoms with Crippen molar-refractivity contribution in [2.45, 2.75) is 160 Å². The summed E-state index contributed by atoms with van der Waals surface area (Å²) < 4.78 is 0. The minimum absolute atomic E-state index is 0.344. The first-order valence-electron chi connectivity index (χ1n) is 15.9. The Morgan fingerprint density at radius 3 is 1.59 bits per heavy atom. The lowest BCUT2D eigenvalue weighted by Gasteiger charge is -2.27. The first-order chi connectivity index (χ1) is 19.0. The summed E-state index contributed by atoms with van der Waals surface area (Å²) in [7, 11) is 0. The van der Waals surface area contributed by atoms with Gasteiger partial charge in [0.2, 0.25) is 5.91 Å². The number of carbonyl (C=O) groups is 1. The van der Waals surface area contributed by atoms with Crippen molar-refractivity contribution in [2.75, 3.05) is 6.61 Å². The van der Waals surface area contributed by atoms with E-state index in [4.69, 9.17) is 0 Å². The summed E-state index contributed by atoms with van der Waals surface area (Å²) in [6, 6.07) is -1.01. The van der Waals surface area contributed by atoms with Gasteiger partial charge in [-0.3, -0.25) is 4.79 Å². The molecule has 39 heavy (non-hydrogen) atoms. The fourth-order valence-electron chi connectivity index (χ4n) is 4.41. The standard InChI is InChI=1S/C33H61NO5/c1-3-5-7-9-11-13-15-17-18-20-22-24-26-30(36)32(38)29(28-35)34-33(39)31(37)27-25-23-21-19-16-14-12-10-8-6-4-2/h11-14,18,20,29-32,35-38H,3-10,15-17,19,21-28H2,1-2H3,(H,34,39)/b13-11+,14-12-,20-18+. The van der Waals surface area contributed by atoms with Gasteiger partial charge in [0.15, 0.2) is 0 Å². The van der Waals surface area contributed by atoms with E-state index in [1.807, 2.05) is 0 Å². The molecule has 0 fully saturated rings. The largest absolute Gasteiger partial charge is 0.394 e. The summed E-state index contributed by atoms with van der Waals surface area (Å²) in [6.45, 7) is 3.92. The molecule has 0 aromatic heterocycles. The van der Waals surface area contributed by atoms with Gasteiger partial charge in [0.1, 0.15) is 12.2 Å². The maximum atomic E-state index is 12.3. The second-order valence-electron chi connectivity index (χ2n) is 10.8. The highest BCUT2D eigenvalue weighted by Crippen LogP contribution is 2.12. The van der Waals surface area contributed by atoms with Crippen LogP contribution in [0.15, 0.2) is 36.5 Å². The Kier molecular flexibility index (Phi) is 27.0. The van der Waals surface area contributed by atoms with Crippen LogP contribution in [0.5, 0.6) is 0 Å². The zero-order valence-corrected chi connectivity index (χ0v) is 25.1. The SMILES string of the molecule is CCCCC/C=C\CCCCCCC(O)C(=O)NC(CO)C(O)C(O)CCC/C=C/CC/C=C/CCCCC. The van der Waals surface area contributed by atoms with Crippen LogP contribution in [0.3, 0.4) is 0 Å². The van der Waals surface area contributed by atoms with Crippen molar-refractivity contribution in [3.05, 3.63) is 36.5 Å². The van der Waals surface area contributed by atoms with Gasteiger partial charge in [0, 0.05) is 0 Å². The number of unbranched alkanes of at least 4 members (excludes halogenated alkanes) is 12. The number of allylic oxidation sites excluding steroid dienone is 6. The highest BCUT2D eigenvalue weighted by molar-refractivity contribution is 5.80. The Balaban J connectivity index is 4.01. The van der Waals surface area contributed by atoms with Crippen molar-refractivity contribution in [3.63, 3.8) is 0 Å². The molecule has 0 rings (SSSR count). The lowest BCUT2D eigenvalue weighted by molar-refractivity contribution is -0.132. The lowest BCUT2D eigenvalue weighted by Crippen LogP contribution is -2.53. The molecule has 0 radical (unpaired) electrons. The number of carbonyl (C=O) groups excluding carboxylic acids is 1. The van der Waals surface area contributed by atoms with Gasteiger partial charge < -0.3 is 25.7 Å². The molecule has 4 unspecified atom stereocenters. The summed E-state index contributed by atoms with van der Waals surface area (Å²) in [5.41, 5.74) is 0. The minimum atomic E-state index is -1.29. The molecule has 1 amide bonds. The van der Waals surface area contributed by atoms with E-state index in [0.29, 0.717) is 19.3 Å². The van der Waals surface area contributed by atoms with E-state index in [-0.39, 0.29) is 0 Å². The Hall–Kier alpha value is -1.47. The van der Waals surface area contributed by atoms with Gasteiger partial charge in [-0.1, -0.05) is 95.2 Å². The molecule has 6 heteroatoms. The molecular weight excluding hydrogens is 490 g/mol. The highest BCUT2D eigenvalue weighted by atomic mass is 16.3. The van der Waals surface area contributed by atoms with Gasteiger partial charge in [0.25, 0.3) is 0 Å². The van der Waals surface area contributed by atoms with Gasteiger partial charge in [-0.15, -0.1) is 0 Å². The number of hydrogen-bond donors (Lipinski definition) is 5. The summed E-state index contributed by atoms with van der Waals surface area (Å²) in [6.07, 6.45) is 28.8. The predicted molar refractivity (Wildman–Crippen MR) is 164 cm³/mol. The Morgan fingerprint density at radius 1 is 0.615 bits per heavy atom. The van der Waals surface area contributed by atoms with Crippen LogP contribution in [0.25, 0.3) is 0 Å². The number of amides is 1. The Morgan fingerprint density at radius 2 is 1.08 bits per heavy atom. The molecule has 0 bridgehead atoms. The molecule has 0 aromatic carbocycles. The quantitative estimate of drug-likeness (QED) is 0.0579. The van der Waals surface area contributed by atoms with Crippen molar-refractivity contribution in [3.8, 4) is 0 Å². The zero-order valence-electron chi connectivity index (χ0n) is 25.1. The van der Waals surface area contributed by atoms with E-state index in [0.717, 1.165) is 64.2 Å². The van der Waals surface area contributed by atoms with E-state index >= 15 is 0 Å². The van der Waals surface area contributed by atoms with Crippen LogP contribution in [0, 0.1) is 0 Å². The summed E-state index contributed by atoms with van der Waals surface area (Å²) in [4.78, 5) is 12.3. The maximum absolute atomic E-state index is 12.3. The number of rotatable bonds is 27. The first kappa shape index (κ1) is 37.5. The third kappa shape index (κ3) is 23.0. The highest BCUT2D eigenvalue weighted by Gasteiger charge is 2.28. The Labute approximate surface area is 239 Å². The van der Waals surface area contributed by atoms with E-state index in [1.165, 1.54) is 38.5 Å². The second kappa shape index (κ2) is 28.1. The topological polar surface area (TPSA) is 110 Å². The Bertz CT molecular complexity index is 634. The van der Waals surface area contributed by atoms with Crippen LogP contribution in [0.1, 0.15) is 136 Å². The van der Waals surface area contributed by atoms with E-state index < -0.39 is 36.9 Å². The molecule has 0 aliphatic rings. The average Bonchev–Trinajstić information content (AvgIpc) is 2.94. The summed E-state index contributed by atoms with van der Waals surface area (Å²) >= 11 is 0. The second-order valence-corrected chi connectivity index (χ2v) is 10.8. The summed E-state index contributed by atoms with van der Waals surface area (Å²) in [5.74, 6) is -0.613. The van der Waals surface area contributed by atoms with Crippen LogP contribution in [-0.4, -0.2) is 57.3 Å². The average molecular weight is 552 g/mol. The molecule has 0 heterocycles. The molecule has 0 spiro atoms. The smallest absolute Gasteiger partial charge is 0.249 e. The molecule has 6 nitrogen and oxygen atoms in total. The van der Waals surface area contributed by atoms with Crippen LogP contribution in [0.4, 0.5) is 0 Å². The molecular formula is C33H61NO5. The van der Waals surface area contributed by atoms with Crippen molar-refractivity contribution in [2.24, 2.45) is 0 Å². The van der Waals surface area contributed by atoms with Crippen molar-refractivity contribution in [1.82, 2.24) is 5.32 Å². The lowest BCUT2D eigenvalue weighted by atomic mass is 10.00. The van der Waals surface area contributed by atoms with Gasteiger partial charge in [-0.25, -0.2) is 0 Å². The zero-order chi connectivity index (χ0) is 29.0. The molecule has 0 saturated heterocycles. The number of aliphatic hydroxyl groups is 4. The monoisotopic (exact) mass is 551 g/mol. The third-order valence-electron chi connectivity index (χ3n) is 7.05. The van der Waals surface area contributed by atoms with Gasteiger partial charge in [0.05, 0.1) is 18.8 Å². The number of nitrogens with one attached hydrogen (secondary N) is 1. The van der Waals surface area contributed by atoms with E-state index in [9.17, 15) is 25.2 Å². The third-order valence-corrected chi connectivity index (χ3v) is 7.05. The minimum Gasteiger partial charge on any atom is -0.394 e. The maximum Gasteiger partial charge on any atom is 0.249 e. The summed E-state index contributed by atoms with van der Waals surface area (Å²) in [5, 5.41) is 43.1. The van der Waals surface area contributed by atoms with E-state index in [2.05, 4.69) is 55.6 Å². The van der Waals surface area contributed by atoms with Crippen LogP contribution in [-0.2, 0) is 4.79 Å². The fraction of sp³-hybridized carbons (Fsp3) is 0.788. The van der Waals surface area contributed by atoms with Gasteiger partial charge >= 0.3 is 0 Å². The van der Waals surface area contributed by atoms with Crippen LogP contribution in [0.2, 0.25) is 0 Å². The van der Waals surface area contributed by atoms with Crippen molar-refractivity contribution >= 4 is 5.91 Å². The van der Waals surface area contributed by atoms with E-state index in [1.54, 1.807) is 0 Å². The predicted octanol–water partition coefficient (Wildman–Crippen LogP) is 6.67. The molecule has 228 valence electrons. The molecule has 0 saturated carbocycles. The van der Waals surface area contributed by atoms with Crippen molar-refractivity contribution < 1.29 is 25.2 Å². The normalized spacial score (nSPS) is 15.3. The van der Waals surface area contributed by atoms with Gasteiger partial charge in [-0.05, 0) is 77.0 Å². The molecule has 0 aromatic rings. The molecule has 0 aliphatic carbocycles. The van der Waals surface area contributed by atoms with Crippen molar-refractivity contribution in [1.29, 1.82) is 0 Å². The fourth-order valence-corrected chi connectivity index (χ4v) is 4.41. The number of aliphatic hydroxyl groups excluding tert-OH is 4. The molecule has 5 N–H and O–H groups in total. The molecule has 4 atom stereocenters. The van der Waals surface area contributed by atoms with Crippen LogP contribution < -0.4 is 5.32 Å². The van der Waals surface area contributed by atoms with Gasteiger partial charge in [-0.2, -0.15) is 0 Å². The first-order valence-corrected chi connectivity index (χ1v) is 15.9. The molecule has 0 aliphatic heterocycles. The van der Waals surface area contributed by atoms with Crippen LogP contribution >= 0.6 is 0 Å².